The van der Waals surface area contributed by atoms with Gasteiger partial charge < -0.3 is 9.64 Å². The van der Waals surface area contributed by atoms with E-state index in [1.165, 1.54) is 0 Å². The summed E-state index contributed by atoms with van der Waals surface area (Å²) in [4.78, 5) is 13.5. The normalized spacial score (nSPS) is 15.4. The summed E-state index contributed by atoms with van der Waals surface area (Å²) in [6.07, 6.45) is 3.36. The minimum atomic E-state index is 0.0443. The number of benzene rings is 1. The fourth-order valence-corrected chi connectivity index (χ4v) is 1.76. The van der Waals surface area contributed by atoms with Gasteiger partial charge in [-0.2, -0.15) is 0 Å². The molecule has 1 aromatic carbocycles. The molecule has 0 saturated carbocycles. The molecule has 0 N–H and O–H groups in total. The second-order valence-corrected chi connectivity index (χ2v) is 3.72. The molecule has 1 aliphatic heterocycles. The smallest absolute Gasteiger partial charge is 0.246 e. The molecule has 0 aliphatic carbocycles. The van der Waals surface area contributed by atoms with Crippen molar-refractivity contribution >= 4 is 5.91 Å². The van der Waals surface area contributed by atoms with Crippen molar-refractivity contribution in [2.24, 2.45) is 0 Å². The molecule has 0 unspecified atom stereocenters. The van der Waals surface area contributed by atoms with E-state index in [1.807, 2.05) is 31.2 Å². The first-order valence-electron chi connectivity index (χ1n) is 5.43. The lowest BCUT2D eigenvalue weighted by Gasteiger charge is -2.17. The fourth-order valence-electron chi connectivity index (χ4n) is 1.76. The highest BCUT2D eigenvalue weighted by Crippen LogP contribution is 2.22. The van der Waals surface area contributed by atoms with Gasteiger partial charge in [0.25, 0.3) is 0 Å². The first kappa shape index (κ1) is 10.7. The van der Waals surface area contributed by atoms with Crippen LogP contribution in [-0.2, 0) is 11.3 Å². The molecule has 0 spiro atoms. The Morgan fingerprint density at radius 1 is 1.44 bits per heavy atom. The van der Waals surface area contributed by atoms with E-state index < -0.39 is 0 Å². The van der Waals surface area contributed by atoms with Crippen LogP contribution < -0.4 is 4.74 Å². The van der Waals surface area contributed by atoms with Crippen molar-refractivity contribution in [2.75, 3.05) is 13.2 Å². The summed E-state index contributed by atoms with van der Waals surface area (Å²) in [5.41, 5.74) is 1.07. The fraction of sp³-hybridized carbons (Fsp3) is 0.308. The van der Waals surface area contributed by atoms with Gasteiger partial charge in [-0.1, -0.05) is 24.3 Å². The summed E-state index contributed by atoms with van der Waals surface area (Å²) in [6.45, 7) is 3.66. The predicted molar refractivity (Wildman–Crippen MR) is 62.2 cm³/mol. The highest BCUT2D eigenvalue weighted by Gasteiger charge is 2.17. The molecule has 0 atom stereocenters. The molecular weight excluding hydrogens is 202 g/mol. The molecule has 0 aromatic heterocycles. The van der Waals surface area contributed by atoms with Gasteiger partial charge in [-0.15, -0.1) is 0 Å². The van der Waals surface area contributed by atoms with Crippen LogP contribution in [-0.4, -0.2) is 24.0 Å². The van der Waals surface area contributed by atoms with E-state index in [2.05, 4.69) is 0 Å². The molecule has 1 aliphatic rings. The molecule has 3 heteroatoms. The summed E-state index contributed by atoms with van der Waals surface area (Å²) >= 11 is 0. The first-order chi connectivity index (χ1) is 7.81. The molecule has 3 nitrogen and oxygen atoms in total. The predicted octanol–water partition coefficient (Wildman–Crippen LogP) is 1.98. The Morgan fingerprint density at radius 3 is 3.06 bits per heavy atom. The molecule has 1 heterocycles. The van der Waals surface area contributed by atoms with Crippen LogP contribution in [0.2, 0.25) is 0 Å². The van der Waals surface area contributed by atoms with Crippen LogP contribution in [0.1, 0.15) is 12.5 Å². The van der Waals surface area contributed by atoms with E-state index in [1.54, 1.807) is 17.1 Å². The summed E-state index contributed by atoms with van der Waals surface area (Å²) in [5.74, 6) is 0.932. The van der Waals surface area contributed by atoms with Crippen molar-refractivity contribution in [1.29, 1.82) is 0 Å². The second kappa shape index (κ2) is 4.84. The Balaban J connectivity index is 2.19. The average Bonchev–Trinajstić information content (AvgIpc) is 2.51. The Morgan fingerprint density at radius 2 is 2.25 bits per heavy atom. The van der Waals surface area contributed by atoms with E-state index >= 15 is 0 Å². The van der Waals surface area contributed by atoms with Crippen molar-refractivity contribution in [1.82, 2.24) is 4.90 Å². The average molecular weight is 217 g/mol. The SMILES string of the molecule is CC=CC(=O)N1CCOc2ccccc2C1. The summed E-state index contributed by atoms with van der Waals surface area (Å²) in [5, 5.41) is 0. The third-order valence-electron chi connectivity index (χ3n) is 2.57. The largest absolute Gasteiger partial charge is 0.491 e. The highest BCUT2D eigenvalue weighted by molar-refractivity contribution is 5.87. The summed E-state index contributed by atoms with van der Waals surface area (Å²) in [6, 6.07) is 7.85. The number of carbonyl (C=O) groups excluding carboxylic acids is 1. The van der Waals surface area contributed by atoms with Gasteiger partial charge in [-0.3, -0.25) is 4.79 Å². The van der Waals surface area contributed by atoms with Crippen molar-refractivity contribution < 1.29 is 9.53 Å². The molecule has 0 fully saturated rings. The zero-order valence-corrected chi connectivity index (χ0v) is 9.35. The van der Waals surface area contributed by atoms with Gasteiger partial charge in [0.1, 0.15) is 12.4 Å². The minimum Gasteiger partial charge on any atom is -0.491 e. The number of para-hydroxylation sites is 1. The number of nitrogens with zero attached hydrogens (tertiary/aromatic N) is 1. The lowest BCUT2D eigenvalue weighted by molar-refractivity contribution is -0.126. The number of allylic oxidation sites excluding steroid dienone is 1. The van der Waals surface area contributed by atoms with Gasteiger partial charge in [0, 0.05) is 12.1 Å². The van der Waals surface area contributed by atoms with Gasteiger partial charge >= 0.3 is 0 Å². The van der Waals surface area contributed by atoms with Crippen molar-refractivity contribution in [2.45, 2.75) is 13.5 Å². The van der Waals surface area contributed by atoms with E-state index in [4.69, 9.17) is 4.74 Å². The third-order valence-corrected chi connectivity index (χ3v) is 2.57. The van der Waals surface area contributed by atoms with Crippen LogP contribution in [0.3, 0.4) is 0 Å². The van der Waals surface area contributed by atoms with Gasteiger partial charge in [-0.25, -0.2) is 0 Å². The standard InChI is InChI=1S/C13H15NO2/c1-2-5-13(15)14-8-9-16-12-7-4-3-6-11(12)10-14/h2-7H,8-10H2,1H3. The van der Waals surface area contributed by atoms with E-state index in [9.17, 15) is 4.79 Å². The molecule has 0 radical (unpaired) electrons. The van der Waals surface area contributed by atoms with Crippen LogP contribution in [0.15, 0.2) is 36.4 Å². The number of hydrogen-bond donors (Lipinski definition) is 0. The maximum absolute atomic E-state index is 11.7. The number of amides is 1. The zero-order valence-electron chi connectivity index (χ0n) is 9.35. The molecule has 0 bridgehead atoms. The molecule has 0 saturated heterocycles. The monoisotopic (exact) mass is 217 g/mol. The molecule has 1 amide bonds. The molecule has 84 valence electrons. The van der Waals surface area contributed by atoms with Gasteiger partial charge in [-0.05, 0) is 19.1 Å². The van der Waals surface area contributed by atoms with Gasteiger partial charge in [0.2, 0.25) is 5.91 Å². The number of ether oxygens (including phenoxy) is 1. The Bertz CT molecular complexity index is 412. The van der Waals surface area contributed by atoms with Crippen LogP contribution in [0.4, 0.5) is 0 Å². The second-order valence-electron chi connectivity index (χ2n) is 3.72. The molecule has 1 aromatic rings. The molecule has 2 rings (SSSR count). The quantitative estimate of drug-likeness (QED) is 0.673. The number of fused-ring (bicyclic) bond motifs is 1. The van der Waals surface area contributed by atoms with E-state index in [0.29, 0.717) is 19.7 Å². The highest BCUT2D eigenvalue weighted by atomic mass is 16.5. The van der Waals surface area contributed by atoms with Crippen molar-refractivity contribution in [3.8, 4) is 5.75 Å². The Kier molecular flexibility index (Phi) is 3.25. The van der Waals surface area contributed by atoms with Crippen molar-refractivity contribution in [3.05, 3.63) is 42.0 Å². The topological polar surface area (TPSA) is 29.5 Å². The summed E-state index contributed by atoms with van der Waals surface area (Å²) < 4.78 is 5.59. The lowest BCUT2D eigenvalue weighted by Crippen LogP contribution is -2.30. The minimum absolute atomic E-state index is 0.0443. The van der Waals surface area contributed by atoms with Gasteiger partial charge in [0.05, 0.1) is 6.54 Å². The van der Waals surface area contributed by atoms with E-state index in [0.717, 1.165) is 11.3 Å². The Labute approximate surface area is 95.3 Å². The number of carbonyl (C=O) groups is 1. The Hall–Kier alpha value is -1.77. The van der Waals surface area contributed by atoms with Crippen LogP contribution in [0.5, 0.6) is 5.75 Å². The molecule has 16 heavy (non-hydrogen) atoms. The van der Waals surface area contributed by atoms with Crippen LogP contribution >= 0.6 is 0 Å². The third kappa shape index (κ3) is 2.24. The number of hydrogen-bond acceptors (Lipinski definition) is 2. The van der Waals surface area contributed by atoms with Crippen molar-refractivity contribution in [3.63, 3.8) is 0 Å². The summed E-state index contributed by atoms with van der Waals surface area (Å²) in [7, 11) is 0. The van der Waals surface area contributed by atoms with E-state index in [-0.39, 0.29) is 5.91 Å². The van der Waals surface area contributed by atoms with Gasteiger partial charge in [0.15, 0.2) is 0 Å². The molecular formula is C13H15NO2. The first-order valence-corrected chi connectivity index (χ1v) is 5.43. The van der Waals surface area contributed by atoms with Crippen LogP contribution in [0.25, 0.3) is 0 Å². The maximum atomic E-state index is 11.7. The number of rotatable bonds is 1. The maximum Gasteiger partial charge on any atom is 0.246 e. The van der Waals surface area contributed by atoms with Crippen LogP contribution in [0, 0.1) is 0 Å². The lowest BCUT2D eigenvalue weighted by atomic mass is 10.2. The zero-order chi connectivity index (χ0) is 11.4.